The number of anilines is 1. The van der Waals surface area contributed by atoms with Crippen molar-refractivity contribution in [3.8, 4) is 0 Å². The van der Waals surface area contributed by atoms with Gasteiger partial charge in [-0.2, -0.15) is 0 Å². The summed E-state index contributed by atoms with van der Waals surface area (Å²) < 4.78 is 5.17. The number of nitrogens with one attached hydrogen (secondary N) is 1. The molecule has 0 unspecified atom stereocenters. The van der Waals surface area contributed by atoms with Gasteiger partial charge in [-0.05, 0) is 35.4 Å². The second-order valence-electron chi connectivity index (χ2n) is 6.57. The minimum Gasteiger partial charge on any atom is -0.445 e. The van der Waals surface area contributed by atoms with Crippen LogP contribution in [0.15, 0.2) is 78.9 Å². The molecule has 1 heterocycles. The van der Waals surface area contributed by atoms with Gasteiger partial charge in [0.2, 0.25) is 0 Å². The molecule has 0 spiro atoms. The van der Waals surface area contributed by atoms with Crippen LogP contribution in [0.1, 0.15) is 31.8 Å². The minimum atomic E-state index is -0.515. The maximum absolute atomic E-state index is 12.5. The number of fused-ring (bicyclic) bond motifs is 1. The van der Waals surface area contributed by atoms with Crippen LogP contribution in [0.5, 0.6) is 0 Å². The van der Waals surface area contributed by atoms with Gasteiger partial charge in [-0.3, -0.25) is 9.59 Å². The van der Waals surface area contributed by atoms with Gasteiger partial charge in [0.1, 0.15) is 6.61 Å². The van der Waals surface area contributed by atoms with Crippen LogP contribution in [-0.4, -0.2) is 17.9 Å². The molecule has 0 fully saturated rings. The predicted octanol–water partition coefficient (Wildman–Crippen LogP) is 3.91. The van der Waals surface area contributed by atoms with E-state index in [0.717, 1.165) is 16.0 Å². The van der Waals surface area contributed by atoms with Gasteiger partial charge in [0.15, 0.2) is 0 Å². The van der Waals surface area contributed by atoms with E-state index >= 15 is 0 Å². The van der Waals surface area contributed by atoms with Crippen molar-refractivity contribution >= 4 is 23.6 Å². The molecule has 3 amide bonds. The van der Waals surface area contributed by atoms with Crippen molar-refractivity contribution in [2.45, 2.75) is 13.2 Å². The van der Waals surface area contributed by atoms with Crippen LogP contribution in [0.4, 0.5) is 10.5 Å². The van der Waals surface area contributed by atoms with Crippen molar-refractivity contribution in [2.75, 3.05) is 4.90 Å². The molecule has 0 aromatic heterocycles. The van der Waals surface area contributed by atoms with E-state index in [2.05, 4.69) is 5.32 Å². The van der Waals surface area contributed by atoms with E-state index in [9.17, 15) is 14.4 Å². The second-order valence-corrected chi connectivity index (χ2v) is 6.57. The second kappa shape index (κ2) is 7.98. The summed E-state index contributed by atoms with van der Waals surface area (Å²) in [5.41, 5.74) is 3.04. The first-order chi connectivity index (χ1) is 14.1. The lowest BCUT2D eigenvalue weighted by Crippen LogP contribution is -2.29. The zero-order valence-electron chi connectivity index (χ0n) is 15.5. The van der Waals surface area contributed by atoms with E-state index in [4.69, 9.17) is 4.74 Å². The summed E-state index contributed by atoms with van der Waals surface area (Å²) in [4.78, 5) is 38.1. The first kappa shape index (κ1) is 18.4. The SMILES string of the molecule is O=C(NCc1ccc(N2C(=O)c3ccccc3C2=O)cc1)OCc1ccccc1. The van der Waals surface area contributed by atoms with Gasteiger partial charge >= 0.3 is 6.09 Å². The maximum atomic E-state index is 12.5. The molecule has 1 aliphatic rings. The Kier molecular flexibility index (Phi) is 5.07. The number of alkyl carbamates (subject to hydrolysis) is 1. The molecule has 0 saturated heterocycles. The summed E-state index contributed by atoms with van der Waals surface area (Å²) in [7, 11) is 0. The van der Waals surface area contributed by atoms with Crippen LogP contribution < -0.4 is 10.2 Å². The molecule has 6 nitrogen and oxygen atoms in total. The Morgan fingerprint density at radius 3 is 1.97 bits per heavy atom. The highest BCUT2D eigenvalue weighted by atomic mass is 16.5. The Hall–Kier alpha value is -3.93. The topological polar surface area (TPSA) is 75.7 Å². The lowest BCUT2D eigenvalue weighted by molar-refractivity contribution is 0.0926. The Labute approximate surface area is 167 Å². The van der Waals surface area contributed by atoms with E-state index in [1.54, 1.807) is 48.5 Å². The molecule has 0 atom stereocenters. The summed E-state index contributed by atoms with van der Waals surface area (Å²) in [6.45, 7) is 0.474. The van der Waals surface area contributed by atoms with E-state index in [-0.39, 0.29) is 25.0 Å². The van der Waals surface area contributed by atoms with Crippen molar-refractivity contribution in [1.82, 2.24) is 5.32 Å². The summed E-state index contributed by atoms with van der Waals surface area (Å²) in [6.07, 6.45) is -0.515. The largest absolute Gasteiger partial charge is 0.445 e. The van der Waals surface area contributed by atoms with E-state index < -0.39 is 6.09 Å². The molecule has 0 aliphatic carbocycles. The lowest BCUT2D eigenvalue weighted by Gasteiger charge is -2.14. The number of carbonyl (C=O) groups is 3. The van der Waals surface area contributed by atoms with Crippen molar-refractivity contribution < 1.29 is 19.1 Å². The van der Waals surface area contributed by atoms with Gasteiger partial charge in [-0.25, -0.2) is 9.69 Å². The fraction of sp³-hybridized carbons (Fsp3) is 0.0870. The highest BCUT2D eigenvalue weighted by Gasteiger charge is 2.36. The Morgan fingerprint density at radius 2 is 1.34 bits per heavy atom. The molecular formula is C23H18N2O4. The molecule has 1 N–H and O–H groups in total. The standard InChI is InChI=1S/C23H18N2O4/c26-21-19-8-4-5-9-20(19)22(27)25(21)18-12-10-16(11-13-18)14-24-23(28)29-15-17-6-2-1-3-7-17/h1-13H,14-15H2,(H,24,28). The molecule has 29 heavy (non-hydrogen) atoms. The molecule has 0 bridgehead atoms. The molecule has 1 aliphatic heterocycles. The van der Waals surface area contributed by atoms with E-state index in [0.29, 0.717) is 16.8 Å². The van der Waals surface area contributed by atoms with Crippen molar-refractivity contribution in [3.63, 3.8) is 0 Å². The molecule has 4 rings (SSSR count). The van der Waals surface area contributed by atoms with Crippen molar-refractivity contribution in [3.05, 3.63) is 101 Å². The van der Waals surface area contributed by atoms with Gasteiger partial charge in [-0.15, -0.1) is 0 Å². The zero-order valence-corrected chi connectivity index (χ0v) is 15.5. The third kappa shape index (κ3) is 3.87. The molecular weight excluding hydrogens is 368 g/mol. The Balaban J connectivity index is 1.35. The maximum Gasteiger partial charge on any atom is 0.407 e. The fourth-order valence-corrected chi connectivity index (χ4v) is 3.13. The van der Waals surface area contributed by atoms with Crippen LogP contribution in [0.2, 0.25) is 0 Å². The van der Waals surface area contributed by atoms with Gasteiger partial charge in [0, 0.05) is 6.54 Å². The van der Waals surface area contributed by atoms with Gasteiger partial charge in [0.05, 0.1) is 16.8 Å². The monoisotopic (exact) mass is 386 g/mol. The summed E-state index contributed by atoms with van der Waals surface area (Å²) >= 11 is 0. The Bertz CT molecular complexity index is 1030. The molecule has 0 radical (unpaired) electrons. The van der Waals surface area contributed by atoms with Crippen LogP contribution in [0, 0.1) is 0 Å². The summed E-state index contributed by atoms with van der Waals surface area (Å²) in [5.74, 6) is -0.665. The zero-order chi connectivity index (χ0) is 20.2. The first-order valence-electron chi connectivity index (χ1n) is 9.15. The van der Waals surface area contributed by atoms with Crippen LogP contribution in [0.3, 0.4) is 0 Å². The van der Waals surface area contributed by atoms with Crippen molar-refractivity contribution in [1.29, 1.82) is 0 Å². The normalized spacial score (nSPS) is 12.6. The third-order valence-corrected chi connectivity index (χ3v) is 4.64. The van der Waals surface area contributed by atoms with Crippen LogP contribution in [0.25, 0.3) is 0 Å². The fourth-order valence-electron chi connectivity index (χ4n) is 3.13. The summed E-state index contributed by atoms with van der Waals surface area (Å²) in [5, 5.41) is 2.68. The number of nitrogens with zero attached hydrogens (tertiary/aromatic N) is 1. The number of rotatable bonds is 5. The minimum absolute atomic E-state index is 0.200. The average molecular weight is 386 g/mol. The molecule has 0 saturated carbocycles. The van der Waals surface area contributed by atoms with E-state index in [1.807, 2.05) is 30.3 Å². The van der Waals surface area contributed by atoms with Crippen LogP contribution in [-0.2, 0) is 17.9 Å². The number of hydrogen-bond donors (Lipinski definition) is 1. The third-order valence-electron chi connectivity index (χ3n) is 4.64. The quantitative estimate of drug-likeness (QED) is 0.675. The number of hydrogen-bond acceptors (Lipinski definition) is 4. The average Bonchev–Trinajstić information content (AvgIpc) is 3.02. The molecule has 144 valence electrons. The summed E-state index contributed by atoms with van der Waals surface area (Å²) in [6, 6.07) is 23.1. The highest BCUT2D eigenvalue weighted by molar-refractivity contribution is 6.34. The highest BCUT2D eigenvalue weighted by Crippen LogP contribution is 2.28. The molecule has 3 aromatic carbocycles. The molecule has 6 heteroatoms. The van der Waals surface area contributed by atoms with Gasteiger partial charge in [0.25, 0.3) is 11.8 Å². The van der Waals surface area contributed by atoms with Gasteiger partial charge < -0.3 is 10.1 Å². The molecule has 3 aromatic rings. The first-order valence-corrected chi connectivity index (χ1v) is 9.15. The Morgan fingerprint density at radius 1 is 0.759 bits per heavy atom. The number of amides is 3. The predicted molar refractivity (Wildman–Crippen MR) is 107 cm³/mol. The number of imide groups is 1. The number of benzene rings is 3. The van der Waals surface area contributed by atoms with Gasteiger partial charge in [-0.1, -0.05) is 54.6 Å². The van der Waals surface area contributed by atoms with Crippen LogP contribution >= 0.6 is 0 Å². The number of carbonyl (C=O) groups excluding carboxylic acids is 3. The smallest absolute Gasteiger partial charge is 0.407 e. The van der Waals surface area contributed by atoms with Crippen molar-refractivity contribution in [2.24, 2.45) is 0 Å². The lowest BCUT2D eigenvalue weighted by atomic mass is 10.1. The van der Waals surface area contributed by atoms with E-state index in [1.165, 1.54) is 0 Å². The number of ether oxygens (including phenoxy) is 1.